The first kappa shape index (κ1) is 24.9. The van der Waals surface area contributed by atoms with Gasteiger partial charge in [0.05, 0.1) is 45.5 Å². The SMILES string of the molecule is CCCCOC(=O)CC1Cc2cc(C(=O)c3ccc(C=NN4CCOCC4)cc3)ccc2OC1N. The van der Waals surface area contributed by atoms with Gasteiger partial charge in [-0.25, -0.2) is 0 Å². The maximum absolute atomic E-state index is 13.1. The van der Waals surface area contributed by atoms with Crippen LogP contribution in [-0.2, 0) is 20.7 Å². The van der Waals surface area contributed by atoms with Crippen LogP contribution in [0.15, 0.2) is 47.6 Å². The summed E-state index contributed by atoms with van der Waals surface area (Å²) < 4.78 is 16.4. The average Bonchev–Trinajstić information content (AvgIpc) is 2.88. The number of morpholine rings is 1. The molecule has 0 radical (unpaired) electrons. The van der Waals surface area contributed by atoms with Crippen LogP contribution in [0.3, 0.4) is 0 Å². The summed E-state index contributed by atoms with van der Waals surface area (Å²) in [4.78, 5) is 25.3. The van der Waals surface area contributed by atoms with Crippen molar-refractivity contribution < 1.29 is 23.8 Å². The molecule has 0 amide bonds. The highest BCUT2D eigenvalue weighted by Crippen LogP contribution is 2.32. The molecule has 2 atom stereocenters. The fourth-order valence-electron chi connectivity index (χ4n) is 4.13. The molecule has 0 aliphatic carbocycles. The summed E-state index contributed by atoms with van der Waals surface area (Å²) in [5.41, 5.74) is 9.12. The number of ketones is 1. The van der Waals surface area contributed by atoms with Crippen LogP contribution in [0.25, 0.3) is 0 Å². The van der Waals surface area contributed by atoms with Crippen LogP contribution in [0.1, 0.15) is 53.2 Å². The number of fused-ring (bicyclic) bond motifs is 1. The zero-order chi connectivity index (χ0) is 24.6. The van der Waals surface area contributed by atoms with Crippen molar-refractivity contribution in [2.45, 2.75) is 38.8 Å². The number of unbranched alkanes of at least 4 members (excludes halogenated alkanes) is 1. The highest BCUT2D eigenvalue weighted by Gasteiger charge is 2.30. The quantitative estimate of drug-likeness (QED) is 0.255. The van der Waals surface area contributed by atoms with E-state index in [1.54, 1.807) is 18.3 Å². The van der Waals surface area contributed by atoms with Gasteiger partial charge in [-0.1, -0.05) is 37.6 Å². The number of esters is 1. The highest BCUT2D eigenvalue weighted by molar-refractivity contribution is 6.09. The van der Waals surface area contributed by atoms with Crippen LogP contribution in [0.4, 0.5) is 0 Å². The Balaban J connectivity index is 1.39. The van der Waals surface area contributed by atoms with Gasteiger partial charge in [0.15, 0.2) is 12.0 Å². The maximum Gasteiger partial charge on any atom is 0.306 e. The van der Waals surface area contributed by atoms with Gasteiger partial charge in [0.2, 0.25) is 0 Å². The van der Waals surface area contributed by atoms with E-state index < -0.39 is 6.23 Å². The number of hydrogen-bond donors (Lipinski definition) is 1. The first-order chi connectivity index (χ1) is 17.0. The summed E-state index contributed by atoms with van der Waals surface area (Å²) in [5, 5.41) is 6.45. The highest BCUT2D eigenvalue weighted by atomic mass is 16.5. The molecule has 8 heteroatoms. The van der Waals surface area contributed by atoms with Crippen LogP contribution in [0, 0.1) is 5.92 Å². The molecule has 1 fully saturated rings. The molecule has 2 aliphatic heterocycles. The minimum absolute atomic E-state index is 0.0742. The maximum atomic E-state index is 13.1. The number of nitrogens with zero attached hydrogens (tertiary/aromatic N) is 2. The monoisotopic (exact) mass is 479 g/mol. The molecule has 2 N–H and O–H groups in total. The van der Waals surface area contributed by atoms with Crippen molar-refractivity contribution in [3.8, 4) is 5.75 Å². The van der Waals surface area contributed by atoms with E-state index in [4.69, 9.17) is 19.9 Å². The predicted molar refractivity (Wildman–Crippen MR) is 133 cm³/mol. The second-order valence-electron chi connectivity index (χ2n) is 8.91. The zero-order valence-electron chi connectivity index (χ0n) is 20.2. The Morgan fingerprint density at radius 2 is 1.89 bits per heavy atom. The summed E-state index contributed by atoms with van der Waals surface area (Å²) in [6, 6.07) is 12.8. The van der Waals surface area contributed by atoms with Gasteiger partial charge in [0.1, 0.15) is 5.75 Å². The van der Waals surface area contributed by atoms with E-state index in [1.165, 1.54) is 0 Å². The third kappa shape index (κ3) is 6.68. The molecule has 2 heterocycles. The van der Waals surface area contributed by atoms with Gasteiger partial charge in [0, 0.05) is 17.0 Å². The van der Waals surface area contributed by atoms with E-state index in [1.807, 2.05) is 42.3 Å². The standard InChI is InChI=1S/C27H33N3O5/c1-2-3-12-34-25(31)17-23-16-22-15-21(8-9-24(22)35-27(23)28)26(32)20-6-4-19(5-7-20)18-29-30-10-13-33-14-11-30/h4-9,15,18,23,27H,2-3,10-14,16-17,28H2,1H3. The van der Waals surface area contributed by atoms with Crippen LogP contribution < -0.4 is 10.5 Å². The van der Waals surface area contributed by atoms with Crippen LogP contribution in [-0.4, -0.2) is 62.1 Å². The summed E-state index contributed by atoms with van der Waals surface area (Å²) in [7, 11) is 0. The van der Waals surface area contributed by atoms with E-state index in [-0.39, 0.29) is 24.1 Å². The number of hydrazone groups is 1. The minimum atomic E-state index is -0.588. The van der Waals surface area contributed by atoms with Crippen molar-refractivity contribution in [1.82, 2.24) is 5.01 Å². The summed E-state index contributed by atoms with van der Waals surface area (Å²) in [5.74, 6) is 0.108. The lowest BCUT2D eigenvalue weighted by Gasteiger charge is -2.30. The summed E-state index contributed by atoms with van der Waals surface area (Å²) in [6.45, 7) is 5.40. The van der Waals surface area contributed by atoms with E-state index in [2.05, 4.69) is 5.10 Å². The molecular formula is C27H33N3O5. The molecule has 8 nitrogen and oxygen atoms in total. The van der Waals surface area contributed by atoms with Crippen molar-refractivity contribution in [2.24, 2.45) is 16.8 Å². The Morgan fingerprint density at radius 1 is 1.14 bits per heavy atom. The van der Waals surface area contributed by atoms with Crippen molar-refractivity contribution in [3.05, 3.63) is 64.7 Å². The Kier molecular flexibility index (Phi) is 8.50. The first-order valence-electron chi connectivity index (χ1n) is 12.3. The van der Waals surface area contributed by atoms with Crippen molar-refractivity contribution >= 4 is 18.0 Å². The summed E-state index contributed by atoms with van der Waals surface area (Å²) in [6.07, 6.45) is 3.76. The predicted octanol–water partition coefficient (Wildman–Crippen LogP) is 3.15. The Bertz CT molecular complexity index is 1050. The van der Waals surface area contributed by atoms with Crippen LogP contribution in [0.5, 0.6) is 5.75 Å². The van der Waals surface area contributed by atoms with E-state index >= 15 is 0 Å². The van der Waals surface area contributed by atoms with E-state index in [0.29, 0.717) is 43.1 Å². The van der Waals surface area contributed by atoms with Crippen molar-refractivity contribution in [2.75, 3.05) is 32.9 Å². The van der Waals surface area contributed by atoms with Crippen molar-refractivity contribution in [1.29, 1.82) is 0 Å². The lowest BCUT2D eigenvalue weighted by molar-refractivity contribution is -0.145. The molecule has 1 saturated heterocycles. The third-order valence-corrected chi connectivity index (χ3v) is 6.25. The number of rotatable bonds is 9. The smallest absolute Gasteiger partial charge is 0.306 e. The molecule has 0 saturated carbocycles. The largest absolute Gasteiger partial charge is 0.475 e. The fourth-order valence-corrected chi connectivity index (χ4v) is 4.13. The number of nitrogens with two attached hydrogens (primary N) is 1. The van der Waals surface area contributed by atoms with Gasteiger partial charge < -0.3 is 14.2 Å². The number of carbonyl (C=O) groups excluding carboxylic acids is 2. The fraction of sp³-hybridized carbons (Fsp3) is 0.444. The van der Waals surface area contributed by atoms with Gasteiger partial charge in [-0.2, -0.15) is 5.10 Å². The average molecular weight is 480 g/mol. The number of carbonyl (C=O) groups is 2. The topological polar surface area (TPSA) is 103 Å². The molecule has 2 unspecified atom stereocenters. The molecule has 2 aromatic rings. The number of hydrogen-bond acceptors (Lipinski definition) is 8. The molecule has 2 aliphatic rings. The molecule has 2 aromatic carbocycles. The molecule has 0 bridgehead atoms. The molecule has 0 spiro atoms. The Morgan fingerprint density at radius 3 is 2.63 bits per heavy atom. The van der Waals surface area contributed by atoms with Gasteiger partial charge in [0.25, 0.3) is 0 Å². The van der Waals surface area contributed by atoms with Crippen LogP contribution in [0.2, 0.25) is 0 Å². The first-order valence-corrected chi connectivity index (χ1v) is 12.3. The van der Waals surface area contributed by atoms with E-state index in [0.717, 1.165) is 37.1 Å². The van der Waals surface area contributed by atoms with Crippen molar-refractivity contribution in [3.63, 3.8) is 0 Å². The zero-order valence-corrected chi connectivity index (χ0v) is 20.2. The lowest BCUT2D eigenvalue weighted by Crippen LogP contribution is -2.41. The normalized spacial score (nSPS) is 19.8. The number of ether oxygens (including phenoxy) is 3. The second kappa shape index (κ2) is 12.0. The minimum Gasteiger partial charge on any atom is -0.475 e. The third-order valence-electron chi connectivity index (χ3n) is 6.25. The molecular weight excluding hydrogens is 446 g/mol. The lowest BCUT2D eigenvalue weighted by atomic mass is 9.90. The van der Waals surface area contributed by atoms with Gasteiger partial charge in [-0.3, -0.25) is 20.3 Å². The van der Waals surface area contributed by atoms with Gasteiger partial charge in [-0.15, -0.1) is 0 Å². The van der Waals surface area contributed by atoms with E-state index in [9.17, 15) is 9.59 Å². The number of benzene rings is 2. The van der Waals surface area contributed by atoms with Gasteiger partial charge in [-0.05, 0) is 42.2 Å². The molecule has 4 rings (SSSR count). The molecule has 35 heavy (non-hydrogen) atoms. The Hall–Kier alpha value is -3.23. The van der Waals surface area contributed by atoms with Gasteiger partial charge >= 0.3 is 5.97 Å². The summed E-state index contributed by atoms with van der Waals surface area (Å²) >= 11 is 0. The molecule has 186 valence electrons. The second-order valence-corrected chi connectivity index (χ2v) is 8.91. The molecule has 0 aromatic heterocycles. The Labute approximate surface area is 206 Å². The van der Waals surface area contributed by atoms with Crippen LogP contribution >= 0.6 is 0 Å².